The number of primary amides is 1. The van der Waals surface area contributed by atoms with Crippen molar-refractivity contribution in [2.75, 3.05) is 73.2 Å². The number of hydroxylamine groups is 2. The lowest BCUT2D eigenvalue weighted by Crippen LogP contribution is -2.55. The molecule has 4 fully saturated rings. The summed E-state index contributed by atoms with van der Waals surface area (Å²) in [4.78, 5) is 199. The number of rotatable bonds is 48. The number of thioether (sulfide) groups is 1. The molecule has 114 heavy (non-hydrogen) atoms. The van der Waals surface area contributed by atoms with Gasteiger partial charge in [0.1, 0.15) is 12.4 Å². The van der Waals surface area contributed by atoms with Crippen molar-refractivity contribution in [3.8, 4) is 0 Å². The fraction of sp³-hybridized carbons (Fsp3) is 0.683. The number of hydrogen-bond donors (Lipinski definition) is 6. The normalized spacial score (nSPS) is 19.7. The van der Waals surface area contributed by atoms with Gasteiger partial charge >= 0.3 is 18.1 Å². The lowest BCUT2D eigenvalue weighted by Gasteiger charge is -2.41. The first kappa shape index (κ1) is 94.4. The van der Waals surface area contributed by atoms with Gasteiger partial charge in [-0.25, -0.2) is 18.8 Å². The zero-order valence-corrected chi connectivity index (χ0v) is 70.2. The number of nitrogens with zero attached hydrogens (tertiary/aromatic N) is 5. The Bertz CT molecular complexity index is 3630. The molecule has 2 aromatic carbocycles. The minimum absolute atomic E-state index is 0.00755. The van der Waals surface area contributed by atoms with Gasteiger partial charge in [0.25, 0.3) is 11.8 Å². The molecule has 4 aliphatic rings. The second kappa shape index (κ2) is 44.6. The zero-order chi connectivity index (χ0) is 84.6. The van der Waals surface area contributed by atoms with E-state index in [2.05, 4.69) is 26.6 Å². The van der Waals surface area contributed by atoms with Crippen molar-refractivity contribution in [2.45, 2.75) is 245 Å². The van der Waals surface area contributed by atoms with Gasteiger partial charge in [0.2, 0.25) is 41.4 Å². The average molecular weight is 1620 g/mol. The number of alkyl carbamates (subject to hydrolysis) is 1. The molecule has 6 rings (SSSR count). The molecule has 2 unspecified atom stereocenters. The number of likely N-dealkylation sites (N-methyl/N-ethyl adjacent to an activating group) is 2. The van der Waals surface area contributed by atoms with Crippen LogP contribution < -0.4 is 32.3 Å². The SMILES string of the molecule is CC[C@H](C)[C@@H]([C@@H](CC(=O)N1C[C@H](OC)C[C@H]1[C@H](OC)[C@@H](C)C(=O)N[C@H](C)C(NC(=O)OCc1ccc(NC(=O)[C@H](CCCNC(N)=O)CC(=O)[C@@H](NC(=O)CCCCCN2C(=O)CC(SCC3(CC(=O)ON4C(=O)CCC4=O)CC3)C2=O)C(C)C)cc1)c1ccc(F)cc1)OC)N(C)C(=O)[C@@H](CC(=O)[C@H](C(C)C)N(C)C)C(C)C. The first-order chi connectivity index (χ1) is 53.9. The number of hydrogen-bond acceptors (Lipinski definition) is 21. The summed E-state index contributed by atoms with van der Waals surface area (Å²) in [6, 6.07) is 6.62. The van der Waals surface area contributed by atoms with Crippen LogP contribution in [0.15, 0.2) is 48.5 Å². The largest absolute Gasteiger partial charge is 0.445 e. The number of ether oxygens (including phenoxy) is 4. The van der Waals surface area contributed by atoms with Crippen molar-refractivity contribution >= 4 is 100 Å². The molecule has 12 amide bonds. The number of amides is 12. The molecular formula is C82H124FN11O19S. The standard InChI is InChI=1S/C82H124FN11O19S/c1-17-50(8)74(91(13)78(105)59(47(2)3)40-62(96)73(49(6)7)90(11)12)63(110-15)41-68(100)93-44-58(109-14)39-60(93)75(111-16)51(9)76(103)86-52(10)72(54-26-28-56(83)29-27-54)89-81(108)112-45-53-24-30-57(31-25-53)87-77(104)55(22-21-36-85-80(84)107)38-61(95)71(48(4)5)88-65(97)23-19-18-20-37-92-69(101)42-64(79(92)106)114-46-82(34-35-82)43-70(102)113-94-66(98)32-33-67(94)99/h24-31,47-52,55,58-60,63-64,71-75H,17-23,32-46H2,1-16H3,(H,86,103)(H,87,104)(H,88,97)(H,89,108)(H3,84,85,107)/t50-,51+,52+,55+,58+,59-,60-,63+,64?,71-,72?,73-,74-,75+/m0/s1. The zero-order valence-electron chi connectivity index (χ0n) is 69.3. The lowest BCUT2D eigenvalue weighted by atomic mass is 9.83. The Morgan fingerprint density at radius 2 is 1.39 bits per heavy atom. The highest BCUT2D eigenvalue weighted by molar-refractivity contribution is 8.00. The second-order valence-corrected chi connectivity index (χ2v) is 33.6. The predicted molar refractivity (Wildman–Crippen MR) is 424 cm³/mol. The summed E-state index contributed by atoms with van der Waals surface area (Å²) < 4.78 is 38.2. The monoisotopic (exact) mass is 1620 g/mol. The van der Waals surface area contributed by atoms with Gasteiger partial charge in [0, 0.05) is 110 Å². The van der Waals surface area contributed by atoms with E-state index in [4.69, 9.17) is 29.5 Å². The molecule has 2 aromatic rings. The summed E-state index contributed by atoms with van der Waals surface area (Å²) in [6.45, 7) is 18.9. The van der Waals surface area contributed by atoms with Crippen LogP contribution in [-0.4, -0.2) is 229 Å². The van der Waals surface area contributed by atoms with Gasteiger partial charge in [0.15, 0.2) is 11.6 Å². The molecule has 32 heteroatoms. The van der Waals surface area contributed by atoms with Gasteiger partial charge in [-0.15, -0.1) is 16.8 Å². The maximum atomic E-state index is 14.9. The van der Waals surface area contributed by atoms with Crippen LogP contribution in [0.2, 0.25) is 0 Å². The molecule has 14 atom stereocenters. The van der Waals surface area contributed by atoms with Crippen LogP contribution in [0.25, 0.3) is 0 Å². The molecule has 1 saturated carbocycles. The number of Topliss-reactive ketones (excluding diaryl/α,β-unsaturated/α-hetero) is 2. The molecule has 1 aliphatic carbocycles. The number of benzene rings is 2. The summed E-state index contributed by atoms with van der Waals surface area (Å²) in [7, 11) is 9.95. The molecule has 0 aromatic heterocycles. The van der Waals surface area contributed by atoms with E-state index in [9.17, 15) is 71.5 Å². The number of imide groups is 2. The summed E-state index contributed by atoms with van der Waals surface area (Å²) in [5.41, 5.74) is 6.12. The number of carbonyl (C=O) groups is 14. The maximum absolute atomic E-state index is 14.9. The first-order valence-electron chi connectivity index (χ1n) is 40.0. The number of ketones is 2. The lowest BCUT2D eigenvalue weighted by molar-refractivity contribution is -0.198. The number of carbonyl (C=O) groups excluding carboxylic acids is 14. The number of halogens is 1. The highest BCUT2D eigenvalue weighted by atomic mass is 32.2. The number of likely N-dealkylation sites (tertiary alicyclic amines) is 2. The van der Waals surface area contributed by atoms with Gasteiger partial charge in [-0.1, -0.05) is 99.4 Å². The van der Waals surface area contributed by atoms with Crippen LogP contribution in [0.3, 0.4) is 0 Å². The minimum atomic E-state index is -0.976. The highest BCUT2D eigenvalue weighted by Gasteiger charge is 2.50. The molecule has 7 N–H and O–H groups in total. The first-order valence-corrected chi connectivity index (χ1v) is 41.0. The van der Waals surface area contributed by atoms with Gasteiger partial charge in [-0.3, -0.25) is 62.5 Å². The topological polar surface area (TPSA) is 388 Å². The number of nitrogens with one attached hydrogen (secondary N) is 5. The Morgan fingerprint density at radius 1 is 0.737 bits per heavy atom. The summed E-state index contributed by atoms with van der Waals surface area (Å²) in [5, 5.41) is 13.9. The fourth-order valence-electron chi connectivity index (χ4n) is 15.6. The number of nitrogens with two attached hydrogens (primary N) is 1. The molecule has 3 aliphatic heterocycles. The third-order valence-corrected chi connectivity index (χ3v) is 24.1. The van der Waals surface area contributed by atoms with Gasteiger partial charge in [0.05, 0.1) is 78.6 Å². The van der Waals surface area contributed by atoms with Crippen LogP contribution in [0.1, 0.15) is 196 Å². The van der Waals surface area contributed by atoms with Crippen LogP contribution in [0.4, 0.5) is 19.7 Å². The molecule has 0 spiro atoms. The van der Waals surface area contributed by atoms with E-state index in [0.29, 0.717) is 72.6 Å². The van der Waals surface area contributed by atoms with Crippen LogP contribution >= 0.6 is 11.8 Å². The number of anilines is 1. The summed E-state index contributed by atoms with van der Waals surface area (Å²) in [5.74, 6) is -8.02. The molecule has 3 heterocycles. The highest BCUT2D eigenvalue weighted by Crippen LogP contribution is 2.52. The summed E-state index contributed by atoms with van der Waals surface area (Å²) in [6.07, 6.45) is 0.785. The maximum Gasteiger partial charge on any atom is 0.408 e. The summed E-state index contributed by atoms with van der Waals surface area (Å²) >= 11 is 1.30. The van der Waals surface area contributed by atoms with Gasteiger partial charge < -0.3 is 65.9 Å². The number of urea groups is 1. The third-order valence-electron chi connectivity index (χ3n) is 22.6. The average Bonchev–Trinajstić information content (AvgIpc) is 1.60. The predicted octanol–water partition coefficient (Wildman–Crippen LogP) is 7.96. The van der Waals surface area contributed by atoms with E-state index in [1.54, 1.807) is 75.9 Å². The third kappa shape index (κ3) is 27.1. The Morgan fingerprint density at radius 3 is 1.96 bits per heavy atom. The van der Waals surface area contributed by atoms with Crippen molar-refractivity contribution in [3.05, 3.63) is 65.5 Å². The van der Waals surface area contributed by atoms with E-state index in [0.717, 1.165) is 0 Å². The second-order valence-electron chi connectivity index (χ2n) is 32.4. The smallest absolute Gasteiger partial charge is 0.408 e. The van der Waals surface area contributed by atoms with Crippen molar-refractivity contribution < 1.29 is 95.3 Å². The van der Waals surface area contributed by atoms with E-state index in [1.165, 1.54) is 55.1 Å². The van der Waals surface area contributed by atoms with Crippen molar-refractivity contribution in [1.29, 1.82) is 0 Å². The van der Waals surface area contributed by atoms with E-state index >= 15 is 0 Å². The van der Waals surface area contributed by atoms with Crippen molar-refractivity contribution in [2.24, 2.45) is 52.6 Å². The van der Waals surface area contributed by atoms with Gasteiger partial charge in [-0.05, 0) is 130 Å². The quantitative estimate of drug-likeness (QED) is 0.0270. The van der Waals surface area contributed by atoms with Gasteiger partial charge in [-0.2, -0.15) is 0 Å². The van der Waals surface area contributed by atoms with E-state index in [1.807, 2.05) is 60.5 Å². The molecular weight excluding hydrogens is 1490 g/mol. The fourth-order valence-corrected chi connectivity index (χ4v) is 17.0. The molecule has 0 bridgehead atoms. The Hall–Kier alpha value is -8.46. The van der Waals surface area contributed by atoms with Crippen LogP contribution in [0.5, 0.6) is 0 Å². The Kier molecular flexibility index (Phi) is 36.9. The van der Waals surface area contributed by atoms with Crippen molar-refractivity contribution in [3.63, 3.8) is 0 Å². The van der Waals surface area contributed by atoms with Crippen LogP contribution in [0, 0.1) is 52.7 Å². The van der Waals surface area contributed by atoms with E-state index in [-0.39, 0.29) is 150 Å². The minimum Gasteiger partial charge on any atom is -0.445 e. The molecule has 30 nitrogen and oxygen atoms in total. The Balaban J connectivity index is 1.01. The number of unbranched alkanes of at least 4 members (excludes halogenated alkanes) is 2. The van der Waals surface area contributed by atoms with E-state index < -0.39 is 136 Å². The molecule has 634 valence electrons. The Labute approximate surface area is 674 Å². The number of methoxy groups -OCH3 is 3. The molecule has 0 radical (unpaired) electrons. The molecule has 3 saturated heterocycles. The van der Waals surface area contributed by atoms with Crippen molar-refractivity contribution in [1.82, 2.24) is 45.9 Å². The van der Waals surface area contributed by atoms with Crippen LogP contribution in [-0.2, 0) is 87.9 Å².